The van der Waals surface area contributed by atoms with Gasteiger partial charge in [-0.2, -0.15) is 0 Å². The molecule has 0 aliphatic carbocycles. The molecule has 0 atom stereocenters. The van der Waals surface area contributed by atoms with Crippen LogP contribution in [0, 0.1) is 9.81 Å². The molecule has 0 rings (SSSR count). The predicted molar refractivity (Wildman–Crippen MR) is 46.5 cm³/mol. The van der Waals surface area contributed by atoms with Crippen molar-refractivity contribution >= 4 is 0 Å². The van der Waals surface area contributed by atoms with Crippen molar-refractivity contribution in [1.82, 2.24) is 0 Å². The van der Waals surface area contributed by atoms with E-state index < -0.39 is 12.3 Å². The maximum atomic E-state index is 9.89. The highest BCUT2D eigenvalue weighted by molar-refractivity contribution is 4.80. The molecule has 0 amide bonds. The molecule has 0 aromatic heterocycles. The van der Waals surface area contributed by atoms with Crippen LogP contribution in [0.5, 0.6) is 0 Å². The molecule has 0 aromatic carbocycles. The zero-order valence-electron chi connectivity index (χ0n) is 7.83. The second-order valence-electron chi connectivity index (χ2n) is 2.56. The smallest absolute Gasteiger partial charge is 0.180 e. The van der Waals surface area contributed by atoms with Gasteiger partial charge in [-0.25, -0.2) is 11.8 Å². The summed E-state index contributed by atoms with van der Waals surface area (Å²) >= 11 is 0. The molecule has 0 aromatic rings. The fourth-order valence-corrected chi connectivity index (χ4v) is 0.861. The monoisotopic (exact) mass is 224 g/mol. The van der Waals surface area contributed by atoms with Crippen molar-refractivity contribution < 1.29 is 19.2 Å². The largest absolute Gasteiger partial charge is 0.361 e. The SMILES string of the molecule is NOCC(CON)(CON=O)OCN=O. The minimum atomic E-state index is -1.30. The highest BCUT2D eigenvalue weighted by atomic mass is 16.7. The highest BCUT2D eigenvalue weighted by Gasteiger charge is 2.34. The number of hydrogen-bond acceptors (Lipinski definition) is 10. The van der Waals surface area contributed by atoms with Crippen LogP contribution in [0.4, 0.5) is 0 Å². The van der Waals surface area contributed by atoms with Gasteiger partial charge in [-0.15, -0.1) is 9.81 Å². The molecule has 0 spiro atoms. The molecular weight excluding hydrogens is 212 g/mol. The van der Waals surface area contributed by atoms with Crippen LogP contribution in [0.2, 0.25) is 0 Å². The third-order valence-electron chi connectivity index (χ3n) is 1.50. The van der Waals surface area contributed by atoms with E-state index >= 15 is 0 Å². The number of nitrogens with zero attached hydrogens (tertiary/aromatic N) is 2. The van der Waals surface area contributed by atoms with Gasteiger partial charge in [-0.05, 0) is 5.18 Å². The summed E-state index contributed by atoms with van der Waals surface area (Å²) in [7, 11) is 0. The second-order valence-corrected chi connectivity index (χ2v) is 2.56. The Labute approximate surface area is 84.6 Å². The zero-order chi connectivity index (χ0) is 11.6. The van der Waals surface area contributed by atoms with Gasteiger partial charge in [0.25, 0.3) is 0 Å². The third-order valence-corrected chi connectivity index (χ3v) is 1.50. The van der Waals surface area contributed by atoms with Crippen LogP contribution in [0.15, 0.2) is 10.5 Å². The van der Waals surface area contributed by atoms with E-state index in [2.05, 4.69) is 25.0 Å². The van der Waals surface area contributed by atoms with Gasteiger partial charge >= 0.3 is 0 Å². The third kappa shape index (κ3) is 5.29. The lowest BCUT2D eigenvalue weighted by molar-refractivity contribution is -0.167. The van der Waals surface area contributed by atoms with Crippen LogP contribution in [0.1, 0.15) is 0 Å². The van der Waals surface area contributed by atoms with Crippen molar-refractivity contribution in [3.05, 3.63) is 9.81 Å². The summed E-state index contributed by atoms with van der Waals surface area (Å²) in [6.07, 6.45) is 0. The van der Waals surface area contributed by atoms with E-state index in [0.29, 0.717) is 0 Å². The number of hydrogen-bond donors (Lipinski definition) is 2. The fraction of sp³-hybridized carbons (Fsp3) is 1.00. The van der Waals surface area contributed by atoms with Crippen LogP contribution in [-0.2, 0) is 19.2 Å². The van der Waals surface area contributed by atoms with Gasteiger partial charge in [0.1, 0.15) is 13.2 Å². The summed E-state index contributed by atoms with van der Waals surface area (Å²) in [5.41, 5.74) is -1.30. The first-order valence-electron chi connectivity index (χ1n) is 3.75. The molecule has 15 heavy (non-hydrogen) atoms. The summed E-state index contributed by atoms with van der Waals surface area (Å²) in [5, 5.41) is 4.63. The Morgan fingerprint density at radius 2 is 1.67 bits per heavy atom. The fourth-order valence-electron chi connectivity index (χ4n) is 0.861. The van der Waals surface area contributed by atoms with Crippen molar-refractivity contribution in [3.63, 3.8) is 0 Å². The van der Waals surface area contributed by atoms with Crippen LogP contribution in [0.25, 0.3) is 0 Å². The van der Waals surface area contributed by atoms with Crippen LogP contribution < -0.4 is 11.8 Å². The average Bonchev–Trinajstić information content (AvgIpc) is 2.24. The number of ether oxygens (including phenoxy) is 1. The molecule has 10 nitrogen and oxygen atoms in total. The molecule has 88 valence electrons. The molecule has 4 N–H and O–H groups in total. The first-order valence-corrected chi connectivity index (χ1v) is 3.75. The molecule has 0 aliphatic heterocycles. The van der Waals surface area contributed by atoms with Crippen LogP contribution in [-0.4, -0.2) is 32.2 Å². The topological polar surface area (TPSA) is 148 Å². The van der Waals surface area contributed by atoms with Crippen molar-refractivity contribution in [1.29, 1.82) is 0 Å². The summed E-state index contributed by atoms with van der Waals surface area (Å²) in [5.74, 6) is 9.68. The number of nitroso groups, excluding NO2 is 1. The normalized spacial score (nSPS) is 11.1. The van der Waals surface area contributed by atoms with Crippen molar-refractivity contribution in [2.24, 2.45) is 22.3 Å². The number of rotatable bonds is 10. The minimum absolute atomic E-state index is 0.213. The van der Waals surface area contributed by atoms with Gasteiger partial charge in [0.2, 0.25) is 0 Å². The predicted octanol–water partition coefficient (Wildman–Crippen LogP) is -1.06. The van der Waals surface area contributed by atoms with Crippen molar-refractivity contribution in [2.75, 3.05) is 26.6 Å². The quantitative estimate of drug-likeness (QED) is 0.352. The molecule has 0 radical (unpaired) electrons. The lowest BCUT2D eigenvalue weighted by atomic mass is 10.1. The number of nitrogens with two attached hydrogens (primary N) is 2. The molecule has 0 unspecified atom stereocenters. The molecule has 10 heteroatoms. The standard InChI is InChI=1S/C5H12N4O6/c6-13-1-5(2-14-7,3-15-9-11)12-4-8-10/h1-4,6-7H2. The van der Waals surface area contributed by atoms with E-state index in [-0.39, 0.29) is 19.8 Å². The second kappa shape index (κ2) is 8.14. The van der Waals surface area contributed by atoms with Gasteiger partial charge in [-0.3, -0.25) is 0 Å². The molecule has 0 saturated heterocycles. The maximum Gasteiger partial charge on any atom is 0.180 e. The zero-order valence-corrected chi connectivity index (χ0v) is 7.83. The minimum Gasteiger partial charge on any atom is -0.361 e. The summed E-state index contributed by atoms with van der Waals surface area (Å²) < 4.78 is 4.95. The Morgan fingerprint density at radius 3 is 2.07 bits per heavy atom. The van der Waals surface area contributed by atoms with E-state index in [1.165, 1.54) is 0 Å². The van der Waals surface area contributed by atoms with Crippen LogP contribution >= 0.6 is 0 Å². The molecule has 0 aliphatic rings. The maximum absolute atomic E-state index is 9.89. The summed E-state index contributed by atoms with van der Waals surface area (Å²) in [6.45, 7) is -1.25. The molecule has 0 heterocycles. The van der Waals surface area contributed by atoms with Crippen molar-refractivity contribution in [2.45, 2.75) is 5.60 Å². The van der Waals surface area contributed by atoms with E-state index in [0.717, 1.165) is 0 Å². The first kappa shape index (κ1) is 13.8. The highest BCUT2D eigenvalue weighted by Crippen LogP contribution is 2.13. The van der Waals surface area contributed by atoms with Gasteiger partial charge in [0.05, 0.1) is 0 Å². The first-order chi connectivity index (χ1) is 7.24. The van der Waals surface area contributed by atoms with E-state index in [1.54, 1.807) is 0 Å². The van der Waals surface area contributed by atoms with E-state index in [9.17, 15) is 9.81 Å². The average molecular weight is 224 g/mol. The molecule has 0 saturated carbocycles. The summed E-state index contributed by atoms with van der Waals surface area (Å²) in [6, 6.07) is 0. The lowest BCUT2D eigenvalue weighted by Crippen LogP contribution is -2.48. The van der Waals surface area contributed by atoms with Gasteiger partial charge in [-0.1, -0.05) is 0 Å². The van der Waals surface area contributed by atoms with Crippen LogP contribution in [0.3, 0.4) is 0 Å². The Hall–Kier alpha value is -1.20. The van der Waals surface area contributed by atoms with E-state index in [1.807, 2.05) is 0 Å². The Morgan fingerprint density at radius 1 is 1.07 bits per heavy atom. The molecule has 0 fully saturated rings. The Kier molecular flexibility index (Phi) is 7.49. The lowest BCUT2D eigenvalue weighted by Gasteiger charge is -2.28. The Bertz CT molecular complexity index is 170. The molecular formula is C5H12N4O6. The Balaban J connectivity index is 4.38. The van der Waals surface area contributed by atoms with E-state index in [4.69, 9.17) is 16.5 Å². The van der Waals surface area contributed by atoms with Gasteiger partial charge in [0, 0.05) is 0 Å². The van der Waals surface area contributed by atoms with Crippen molar-refractivity contribution in [3.8, 4) is 0 Å². The van der Waals surface area contributed by atoms with Gasteiger partial charge in [0.15, 0.2) is 24.3 Å². The summed E-state index contributed by atoms with van der Waals surface area (Å²) in [4.78, 5) is 32.5. The molecule has 0 bridgehead atoms. The van der Waals surface area contributed by atoms with Gasteiger partial charge < -0.3 is 19.2 Å².